The molecule has 0 aromatic rings. The van der Waals surface area contributed by atoms with Crippen molar-refractivity contribution in [1.82, 2.24) is 0 Å². The van der Waals surface area contributed by atoms with E-state index in [0.29, 0.717) is 0 Å². The minimum absolute atomic E-state index is 0. The minimum atomic E-state index is -3.08. The van der Waals surface area contributed by atoms with Crippen LogP contribution in [0.15, 0.2) is 0 Å². The second-order valence-corrected chi connectivity index (χ2v) is 0.214. The molecule has 0 heterocycles. The summed E-state index contributed by atoms with van der Waals surface area (Å²) in [6.45, 7) is -3.08. The van der Waals surface area contributed by atoms with E-state index in [9.17, 15) is 13.2 Å². The fourth-order valence-electron chi connectivity index (χ4n) is 0. The quantitative estimate of drug-likeness (QED) is 0.547. The maximum absolute atomic E-state index is 9.58. The van der Waals surface area contributed by atoms with Crippen LogP contribution >= 0.6 is 0 Å². The third-order valence-corrected chi connectivity index (χ3v) is 0. The molecule has 34 valence electrons. The molecule has 4 heteroatoms. The molecular weight excluding hydrogens is 226 g/mol. The Morgan fingerprint density at radius 1 is 1.00 bits per heavy atom. The monoisotopic (exact) mass is 227 g/mol. The predicted octanol–water partition coefficient (Wildman–Crippen LogP) is 1.34. The number of halogens is 3. The van der Waals surface area contributed by atoms with E-state index < -0.39 is 6.68 Å². The fraction of sp³-hybridized carbons (Fsp3) is 0. The van der Waals surface area contributed by atoms with Crippen LogP contribution in [0.2, 0.25) is 0 Å². The van der Waals surface area contributed by atoms with Crippen LogP contribution in [0, 0.1) is 46.6 Å². The van der Waals surface area contributed by atoms with E-state index in [1.807, 2.05) is 0 Å². The van der Waals surface area contributed by atoms with Gasteiger partial charge in [0.25, 0.3) is 0 Å². The largest absolute Gasteiger partial charge is 0.385 e. The van der Waals surface area contributed by atoms with Crippen molar-refractivity contribution < 1.29 is 53.1 Å². The Balaban J connectivity index is 0. The summed E-state index contributed by atoms with van der Waals surface area (Å²) in [7, 11) is 0. The van der Waals surface area contributed by atoms with E-state index in [4.69, 9.17) is 0 Å². The molecule has 0 spiro atoms. The summed E-state index contributed by atoms with van der Waals surface area (Å²) in [4.78, 5) is 0. The van der Waals surface area contributed by atoms with E-state index >= 15 is 0 Å². The van der Waals surface area contributed by atoms with Crippen molar-refractivity contribution in [2.45, 2.75) is 0 Å². The Hall–Kier alpha value is 1.11. The predicted molar refractivity (Wildman–Crippen MR) is 6.57 cm³/mol. The summed E-state index contributed by atoms with van der Waals surface area (Å²) >= 11 is 0. The second kappa shape index (κ2) is 5.11. The molecule has 0 aliphatic rings. The van der Waals surface area contributed by atoms with E-state index in [1.54, 1.807) is 0 Å². The van der Waals surface area contributed by atoms with Crippen LogP contribution in [-0.2, 0) is 0 Å². The number of hydrogen-bond acceptors (Lipinski definition) is 0. The summed E-state index contributed by atoms with van der Waals surface area (Å²) in [5.41, 5.74) is 0. The van der Waals surface area contributed by atoms with E-state index in [2.05, 4.69) is 0 Å². The third-order valence-electron chi connectivity index (χ3n) is 0. The molecule has 0 aromatic carbocycles. The standard InChI is InChI=1S/CF3.Gd/c2-1(3)4;/q-1;. The molecule has 0 aliphatic heterocycles. The molecule has 0 radical (unpaired) electrons. The van der Waals surface area contributed by atoms with Gasteiger partial charge in [0, 0.05) is 39.9 Å². The molecular formula is CF3Gd-. The third kappa shape index (κ3) is 39.9. The summed E-state index contributed by atoms with van der Waals surface area (Å²) < 4.78 is 28.8. The Morgan fingerprint density at radius 2 is 1.00 bits per heavy atom. The van der Waals surface area contributed by atoms with Crippen molar-refractivity contribution >= 4 is 0 Å². The molecule has 0 aromatic heterocycles. The zero-order chi connectivity index (χ0) is 3.58. The first-order valence-electron chi connectivity index (χ1n) is 0.567. The molecule has 0 saturated heterocycles. The second-order valence-electron chi connectivity index (χ2n) is 0.214. The van der Waals surface area contributed by atoms with Crippen LogP contribution in [0.4, 0.5) is 13.2 Å². The van der Waals surface area contributed by atoms with Crippen molar-refractivity contribution in [3.05, 3.63) is 6.68 Å². The number of hydrogen-bond donors (Lipinski definition) is 0. The maximum Gasteiger partial charge on any atom is 0.154 e. The first-order chi connectivity index (χ1) is 1.73. The van der Waals surface area contributed by atoms with E-state index in [1.165, 1.54) is 0 Å². The topological polar surface area (TPSA) is 0 Å². The average molecular weight is 226 g/mol. The molecule has 0 fully saturated rings. The number of rotatable bonds is 0. The van der Waals surface area contributed by atoms with Gasteiger partial charge in [0.05, 0.1) is 0 Å². The SMILES string of the molecule is F[C-](F)F.[Gd]. The van der Waals surface area contributed by atoms with Crippen molar-refractivity contribution in [3.8, 4) is 0 Å². The van der Waals surface area contributed by atoms with Gasteiger partial charge in [-0.2, -0.15) is 0 Å². The van der Waals surface area contributed by atoms with Gasteiger partial charge in [-0.05, 0) is 0 Å². The molecule has 5 heavy (non-hydrogen) atoms. The van der Waals surface area contributed by atoms with Crippen molar-refractivity contribution in [3.63, 3.8) is 0 Å². The van der Waals surface area contributed by atoms with Crippen LogP contribution in [0.1, 0.15) is 0 Å². The molecule has 0 aliphatic carbocycles. The Morgan fingerprint density at radius 3 is 1.00 bits per heavy atom. The molecule has 0 atom stereocenters. The van der Waals surface area contributed by atoms with Crippen molar-refractivity contribution in [1.29, 1.82) is 0 Å². The van der Waals surface area contributed by atoms with Crippen molar-refractivity contribution in [2.75, 3.05) is 0 Å². The van der Waals surface area contributed by atoms with E-state index in [0.717, 1.165) is 0 Å². The molecule has 0 amide bonds. The molecule has 0 N–H and O–H groups in total. The van der Waals surface area contributed by atoms with Crippen LogP contribution in [0.25, 0.3) is 0 Å². The Kier molecular flexibility index (Phi) is 9.66. The van der Waals surface area contributed by atoms with Crippen LogP contribution < -0.4 is 0 Å². The van der Waals surface area contributed by atoms with Crippen LogP contribution in [0.3, 0.4) is 0 Å². The van der Waals surface area contributed by atoms with Crippen molar-refractivity contribution in [2.24, 2.45) is 0 Å². The smallest absolute Gasteiger partial charge is 0.154 e. The zero-order valence-corrected chi connectivity index (χ0v) is 4.26. The summed E-state index contributed by atoms with van der Waals surface area (Å²) in [5.74, 6) is 0. The summed E-state index contributed by atoms with van der Waals surface area (Å²) in [6, 6.07) is 0. The van der Waals surface area contributed by atoms with Gasteiger partial charge >= 0.3 is 0 Å². The van der Waals surface area contributed by atoms with E-state index in [-0.39, 0.29) is 39.9 Å². The Labute approximate surface area is 59.4 Å². The van der Waals surface area contributed by atoms with Gasteiger partial charge < -0.3 is 13.2 Å². The van der Waals surface area contributed by atoms with Gasteiger partial charge in [0.1, 0.15) is 0 Å². The molecule has 0 bridgehead atoms. The van der Waals surface area contributed by atoms with Gasteiger partial charge in [-0.3, -0.25) is 0 Å². The van der Waals surface area contributed by atoms with Gasteiger partial charge in [-0.25, -0.2) is 0 Å². The zero-order valence-electron chi connectivity index (χ0n) is 1.99. The fourth-order valence-corrected chi connectivity index (χ4v) is 0. The van der Waals surface area contributed by atoms with Crippen LogP contribution in [-0.4, -0.2) is 0 Å². The van der Waals surface area contributed by atoms with Crippen LogP contribution in [0.5, 0.6) is 0 Å². The molecule has 0 saturated carbocycles. The maximum atomic E-state index is 9.58. The van der Waals surface area contributed by atoms with Gasteiger partial charge in [-0.15, -0.1) is 0 Å². The molecule has 0 rings (SSSR count). The molecule has 0 unspecified atom stereocenters. The molecule has 0 nitrogen and oxygen atoms in total. The summed E-state index contributed by atoms with van der Waals surface area (Å²) in [5, 5.41) is 0. The normalized spacial score (nSPS) is 7.20. The van der Waals surface area contributed by atoms with Gasteiger partial charge in [0.2, 0.25) is 0 Å². The average Bonchev–Trinajstić information content (AvgIpc) is 0.811. The Bertz CT molecular complexity index is 11.6. The first kappa shape index (κ1) is 9.45. The summed E-state index contributed by atoms with van der Waals surface area (Å²) in [6.07, 6.45) is 0. The minimum Gasteiger partial charge on any atom is -0.385 e. The van der Waals surface area contributed by atoms with Gasteiger partial charge in [0.15, 0.2) is 6.68 Å². The van der Waals surface area contributed by atoms with Gasteiger partial charge in [-0.1, -0.05) is 0 Å². The first-order valence-corrected chi connectivity index (χ1v) is 0.567.